The highest BCUT2D eigenvalue weighted by Gasteiger charge is 2.31. The number of phenols is 1. The second-order valence-corrected chi connectivity index (χ2v) is 10.7. The van der Waals surface area contributed by atoms with Gasteiger partial charge in [0.25, 0.3) is 0 Å². The number of aryl methyl sites for hydroxylation is 2. The molecule has 192 valence electrons. The van der Waals surface area contributed by atoms with Crippen LogP contribution in [0.3, 0.4) is 0 Å². The van der Waals surface area contributed by atoms with Gasteiger partial charge in [-0.2, -0.15) is 11.8 Å². The summed E-state index contributed by atoms with van der Waals surface area (Å²) in [5.41, 5.74) is 14.5. The second-order valence-electron chi connectivity index (χ2n) is 9.82. The van der Waals surface area contributed by atoms with Gasteiger partial charge in [0.2, 0.25) is 0 Å². The first-order valence-corrected chi connectivity index (χ1v) is 14.2. The Morgan fingerprint density at radius 3 is 2.33 bits per heavy atom. The Morgan fingerprint density at radius 1 is 0.972 bits per heavy atom. The standard InChI is InChI=1S/C15H23N3.C15H17NOS/c1-12-11-13(16-2)3-6-15(12)18-9-7-17(8-10-18)14-4-5-14;1-10-8-11(6-7-12(10)9-18-2)13-4-3-5-14(16)15(13)17/h3,6,11,14,16H,4-5,7-10H2,1-2H3;3-8,17H,9,16H2,1-2H3. The number of benzene rings is 3. The first-order chi connectivity index (χ1) is 17.4. The summed E-state index contributed by atoms with van der Waals surface area (Å²) in [5, 5.41) is 13.2. The van der Waals surface area contributed by atoms with E-state index in [4.69, 9.17) is 5.73 Å². The number of hydrogen-bond acceptors (Lipinski definition) is 6. The van der Waals surface area contributed by atoms with Gasteiger partial charge in [0.1, 0.15) is 5.75 Å². The van der Waals surface area contributed by atoms with Crippen LogP contribution in [0.1, 0.15) is 29.5 Å². The van der Waals surface area contributed by atoms with Crippen LogP contribution in [0.5, 0.6) is 5.75 Å². The lowest BCUT2D eigenvalue weighted by Crippen LogP contribution is -2.47. The van der Waals surface area contributed by atoms with Gasteiger partial charge < -0.3 is 21.1 Å². The Labute approximate surface area is 220 Å². The van der Waals surface area contributed by atoms with Crippen molar-refractivity contribution in [1.82, 2.24) is 4.90 Å². The number of phenolic OH excluding ortho intramolecular Hbond substituents is 1. The van der Waals surface area contributed by atoms with Gasteiger partial charge in [-0.05, 0) is 79.5 Å². The highest BCUT2D eigenvalue weighted by Crippen LogP contribution is 2.35. The van der Waals surface area contributed by atoms with Crippen LogP contribution in [0.15, 0.2) is 54.6 Å². The molecule has 3 aromatic rings. The quantitative estimate of drug-likeness (QED) is 0.277. The van der Waals surface area contributed by atoms with E-state index in [-0.39, 0.29) is 5.75 Å². The Balaban J connectivity index is 0.000000169. The molecule has 5 rings (SSSR count). The largest absolute Gasteiger partial charge is 0.505 e. The summed E-state index contributed by atoms with van der Waals surface area (Å²) in [6.45, 7) is 9.13. The van der Waals surface area contributed by atoms with Crippen molar-refractivity contribution in [2.45, 2.75) is 38.5 Å². The fourth-order valence-corrected chi connectivity index (χ4v) is 5.54. The number of para-hydroxylation sites is 1. The molecule has 0 amide bonds. The molecule has 3 aromatic carbocycles. The predicted molar refractivity (Wildman–Crippen MR) is 157 cm³/mol. The molecule has 2 aliphatic rings. The molecule has 0 radical (unpaired) electrons. The average Bonchev–Trinajstić information content (AvgIpc) is 3.73. The van der Waals surface area contributed by atoms with Crippen LogP contribution in [0.4, 0.5) is 17.1 Å². The monoisotopic (exact) mass is 504 g/mol. The molecule has 0 aromatic heterocycles. The highest BCUT2D eigenvalue weighted by molar-refractivity contribution is 7.97. The molecule has 1 saturated heterocycles. The van der Waals surface area contributed by atoms with Crippen molar-refractivity contribution in [3.63, 3.8) is 0 Å². The Bertz CT molecular complexity index is 1170. The highest BCUT2D eigenvalue weighted by atomic mass is 32.2. The summed E-state index contributed by atoms with van der Waals surface area (Å²) in [6.07, 6.45) is 4.95. The average molecular weight is 505 g/mol. The third kappa shape index (κ3) is 6.29. The molecule has 1 aliphatic heterocycles. The number of nitrogen functional groups attached to an aromatic ring is 1. The molecule has 0 unspecified atom stereocenters. The number of aromatic hydroxyl groups is 1. The summed E-state index contributed by atoms with van der Waals surface area (Å²) in [5.74, 6) is 1.17. The van der Waals surface area contributed by atoms with Crippen LogP contribution in [0.25, 0.3) is 11.1 Å². The maximum Gasteiger partial charge on any atom is 0.146 e. The van der Waals surface area contributed by atoms with Crippen molar-refractivity contribution in [1.29, 1.82) is 0 Å². The molecule has 2 fully saturated rings. The van der Waals surface area contributed by atoms with E-state index < -0.39 is 0 Å². The second kappa shape index (κ2) is 11.9. The van der Waals surface area contributed by atoms with Crippen molar-refractivity contribution in [3.05, 3.63) is 71.3 Å². The van der Waals surface area contributed by atoms with Gasteiger partial charge in [-0.3, -0.25) is 4.90 Å². The number of nitrogens with one attached hydrogen (secondary N) is 1. The van der Waals surface area contributed by atoms with Gasteiger partial charge >= 0.3 is 0 Å². The van der Waals surface area contributed by atoms with Gasteiger partial charge in [-0.25, -0.2) is 0 Å². The van der Waals surface area contributed by atoms with E-state index in [2.05, 4.69) is 65.6 Å². The third-order valence-corrected chi connectivity index (χ3v) is 7.82. The topological polar surface area (TPSA) is 64.8 Å². The van der Waals surface area contributed by atoms with Gasteiger partial charge in [-0.1, -0.05) is 30.3 Å². The van der Waals surface area contributed by atoms with Gasteiger partial charge in [0.05, 0.1) is 5.69 Å². The summed E-state index contributed by atoms with van der Waals surface area (Å²) in [7, 11) is 1.98. The van der Waals surface area contributed by atoms with Crippen molar-refractivity contribution >= 4 is 28.8 Å². The zero-order chi connectivity index (χ0) is 25.7. The fourth-order valence-electron chi connectivity index (χ4n) is 4.91. The first kappa shape index (κ1) is 26.2. The van der Waals surface area contributed by atoms with E-state index in [0.717, 1.165) is 22.9 Å². The van der Waals surface area contributed by atoms with Crippen molar-refractivity contribution in [3.8, 4) is 16.9 Å². The van der Waals surface area contributed by atoms with Crippen LogP contribution in [-0.2, 0) is 5.75 Å². The molecule has 0 spiro atoms. The van der Waals surface area contributed by atoms with E-state index in [1.807, 2.05) is 25.2 Å². The molecule has 0 atom stereocenters. The van der Waals surface area contributed by atoms with E-state index in [0.29, 0.717) is 5.69 Å². The number of anilines is 3. The van der Waals surface area contributed by atoms with E-state index in [1.165, 1.54) is 67.1 Å². The minimum absolute atomic E-state index is 0.162. The lowest BCUT2D eigenvalue weighted by atomic mass is 9.99. The summed E-state index contributed by atoms with van der Waals surface area (Å²) in [4.78, 5) is 5.20. The zero-order valence-electron chi connectivity index (χ0n) is 22.1. The maximum absolute atomic E-state index is 9.99. The summed E-state index contributed by atoms with van der Waals surface area (Å²) in [6, 6.07) is 19.3. The Kier molecular flexibility index (Phi) is 8.70. The van der Waals surface area contributed by atoms with Crippen LogP contribution < -0.4 is 16.0 Å². The molecule has 0 bridgehead atoms. The van der Waals surface area contributed by atoms with Gasteiger partial charge in [0, 0.05) is 62.0 Å². The molecule has 4 N–H and O–H groups in total. The number of thioether (sulfide) groups is 1. The number of piperazine rings is 1. The molecule has 1 heterocycles. The SMILES string of the molecule is CNc1ccc(N2CCN(C3CC3)CC2)c(C)c1.CSCc1ccc(-c2cccc(N)c2O)cc1C. The van der Waals surface area contributed by atoms with E-state index in [9.17, 15) is 5.11 Å². The molecule has 1 aliphatic carbocycles. The van der Waals surface area contributed by atoms with Crippen molar-refractivity contribution in [2.75, 3.05) is 55.4 Å². The van der Waals surface area contributed by atoms with Crippen molar-refractivity contribution < 1.29 is 5.11 Å². The number of rotatable bonds is 6. The molecule has 36 heavy (non-hydrogen) atoms. The molecule has 6 heteroatoms. The number of nitrogens with two attached hydrogens (primary N) is 1. The minimum Gasteiger partial charge on any atom is -0.505 e. The molecular formula is C30H40N4OS. The third-order valence-electron chi connectivity index (χ3n) is 7.22. The van der Waals surface area contributed by atoms with Crippen LogP contribution in [0, 0.1) is 13.8 Å². The van der Waals surface area contributed by atoms with Gasteiger partial charge in [-0.15, -0.1) is 0 Å². The Morgan fingerprint density at radius 2 is 1.72 bits per heavy atom. The predicted octanol–water partition coefficient (Wildman–Crippen LogP) is 6.13. The lowest BCUT2D eigenvalue weighted by molar-refractivity contribution is 0.248. The fraction of sp³-hybridized carbons (Fsp3) is 0.400. The van der Waals surface area contributed by atoms with Crippen LogP contribution in [-0.4, -0.2) is 55.5 Å². The Hall–Kier alpha value is -2.83. The lowest BCUT2D eigenvalue weighted by Gasteiger charge is -2.37. The van der Waals surface area contributed by atoms with Crippen LogP contribution in [0.2, 0.25) is 0 Å². The first-order valence-electron chi connectivity index (χ1n) is 12.8. The van der Waals surface area contributed by atoms with E-state index >= 15 is 0 Å². The number of hydrogen-bond donors (Lipinski definition) is 3. The molecule has 1 saturated carbocycles. The van der Waals surface area contributed by atoms with E-state index in [1.54, 1.807) is 17.8 Å². The minimum atomic E-state index is 0.162. The maximum atomic E-state index is 9.99. The summed E-state index contributed by atoms with van der Waals surface area (Å²) < 4.78 is 0. The summed E-state index contributed by atoms with van der Waals surface area (Å²) >= 11 is 1.81. The zero-order valence-corrected chi connectivity index (χ0v) is 22.9. The smallest absolute Gasteiger partial charge is 0.146 e. The normalized spacial score (nSPS) is 15.8. The number of nitrogens with zero attached hydrogens (tertiary/aromatic N) is 2. The molecular weight excluding hydrogens is 464 g/mol. The molecule has 5 nitrogen and oxygen atoms in total. The van der Waals surface area contributed by atoms with Gasteiger partial charge in [0.15, 0.2) is 0 Å². The van der Waals surface area contributed by atoms with Crippen molar-refractivity contribution in [2.24, 2.45) is 0 Å². The van der Waals surface area contributed by atoms with Crippen LogP contribution >= 0.6 is 11.8 Å².